The first kappa shape index (κ1) is 16.1. The molecule has 1 aromatic rings. The Morgan fingerprint density at radius 1 is 1.62 bits per heavy atom. The van der Waals surface area contributed by atoms with Gasteiger partial charge in [-0.15, -0.1) is 0 Å². The van der Waals surface area contributed by atoms with E-state index in [-0.39, 0.29) is 6.42 Å². The van der Waals surface area contributed by atoms with Crippen molar-refractivity contribution < 1.29 is 28.7 Å². The molecular weight excluding hydrogens is 305 g/mol. The molecule has 118 valence electrons. The second kappa shape index (κ2) is 6.22. The molecule has 11 heteroatoms. The van der Waals surface area contributed by atoms with Gasteiger partial charge in [0.1, 0.15) is 24.3 Å². The number of anilines is 1. The fourth-order valence-corrected chi connectivity index (χ4v) is 2.67. The van der Waals surface area contributed by atoms with Crippen LogP contribution in [0.1, 0.15) is 12.6 Å². The Kier molecular flexibility index (Phi) is 4.77. The quantitative estimate of drug-likeness (QED) is 0.504. The summed E-state index contributed by atoms with van der Waals surface area (Å²) in [6.07, 6.45) is -1.31. The van der Waals surface area contributed by atoms with Crippen LogP contribution in [-0.4, -0.2) is 50.3 Å². The van der Waals surface area contributed by atoms with Gasteiger partial charge in [0.2, 0.25) is 0 Å². The van der Waals surface area contributed by atoms with Crippen molar-refractivity contribution in [2.75, 3.05) is 19.0 Å². The maximum Gasteiger partial charge on any atom is 0.469 e. The lowest BCUT2D eigenvalue weighted by Crippen LogP contribution is -2.28. The molecule has 0 unspecified atom stereocenters. The van der Waals surface area contributed by atoms with Gasteiger partial charge in [-0.25, -0.2) is 9.36 Å². The molecule has 4 N–H and O–H groups in total. The van der Waals surface area contributed by atoms with Gasteiger partial charge in [-0.05, 0) is 6.07 Å². The van der Waals surface area contributed by atoms with Crippen LogP contribution in [0.3, 0.4) is 0 Å². The van der Waals surface area contributed by atoms with E-state index in [0.717, 1.165) is 0 Å². The molecule has 1 fully saturated rings. The van der Waals surface area contributed by atoms with Crippen LogP contribution in [0.5, 0.6) is 0 Å². The monoisotopic (exact) mass is 321 g/mol. The normalized spacial score (nSPS) is 26.0. The lowest BCUT2D eigenvalue weighted by molar-refractivity contribution is -0.0452. The summed E-state index contributed by atoms with van der Waals surface area (Å²) in [5.41, 5.74) is -0.583. The van der Waals surface area contributed by atoms with E-state index in [4.69, 9.17) is 14.5 Å². The third-order valence-corrected chi connectivity index (χ3v) is 3.57. The molecule has 10 nitrogen and oxygen atoms in total. The van der Waals surface area contributed by atoms with E-state index in [0.29, 0.717) is 5.82 Å². The second-order valence-corrected chi connectivity index (χ2v) is 5.63. The van der Waals surface area contributed by atoms with Gasteiger partial charge >= 0.3 is 13.5 Å². The summed E-state index contributed by atoms with van der Waals surface area (Å²) in [7, 11) is -3.10. The molecule has 2 heterocycles. The summed E-state index contributed by atoms with van der Waals surface area (Å²) in [5, 5.41) is 11.9. The van der Waals surface area contributed by atoms with Gasteiger partial charge in [0.05, 0.1) is 6.61 Å². The van der Waals surface area contributed by atoms with Crippen LogP contribution in [-0.2, 0) is 13.8 Å². The van der Waals surface area contributed by atoms with Crippen molar-refractivity contribution in [2.24, 2.45) is 0 Å². The zero-order chi connectivity index (χ0) is 15.6. The zero-order valence-corrected chi connectivity index (χ0v) is 12.0. The molecule has 1 saturated heterocycles. The summed E-state index contributed by atoms with van der Waals surface area (Å²) in [6, 6.07) is 1.55. The molecule has 0 spiro atoms. The Labute approximate surface area is 119 Å². The Balaban J connectivity index is 2.19. The molecule has 3 atom stereocenters. The predicted molar refractivity (Wildman–Crippen MR) is 70.6 cm³/mol. The molecule has 1 aliphatic heterocycles. The number of nitrogens with zero attached hydrogens (tertiary/aromatic N) is 2. The van der Waals surface area contributed by atoms with Crippen molar-refractivity contribution in [3.63, 3.8) is 0 Å². The highest BCUT2D eigenvalue weighted by Crippen LogP contribution is 2.43. The van der Waals surface area contributed by atoms with Gasteiger partial charge in [-0.2, -0.15) is 4.98 Å². The molecule has 0 aromatic carbocycles. The third-order valence-electron chi connectivity index (χ3n) is 3.03. The molecule has 0 radical (unpaired) electrons. The van der Waals surface area contributed by atoms with Crippen LogP contribution in [0, 0.1) is 0 Å². The van der Waals surface area contributed by atoms with Gasteiger partial charge < -0.3 is 24.9 Å². The number of aliphatic hydroxyl groups is 1. The van der Waals surface area contributed by atoms with Crippen LogP contribution in [0.4, 0.5) is 5.82 Å². The lowest BCUT2D eigenvalue weighted by atomic mass is 10.2. The van der Waals surface area contributed by atoms with E-state index >= 15 is 0 Å². The molecule has 2 rings (SSSR count). The van der Waals surface area contributed by atoms with Gasteiger partial charge in [-0.3, -0.25) is 9.09 Å². The number of hydrogen-bond donors (Lipinski definition) is 4. The van der Waals surface area contributed by atoms with Crippen molar-refractivity contribution in [3.05, 3.63) is 22.7 Å². The Morgan fingerprint density at radius 2 is 2.33 bits per heavy atom. The van der Waals surface area contributed by atoms with E-state index < -0.39 is 38.6 Å². The first-order valence-corrected chi connectivity index (χ1v) is 7.64. The maximum atomic E-state index is 11.8. The number of aromatic nitrogens is 2. The summed E-state index contributed by atoms with van der Waals surface area (Å²) >= 11 is 0. The molecule has 0 bridgehead atoms. The van der Waals surface area contributed by atoms with Crippen molar-refractivity contribution in [1.82, 2.24) is 9.55 Å². The molecule has 0 aliphatic carbocycles. The highest BCUT2D eigenvalue weighted by Gasteiger charge is 2.40. The minimum Gasteiger partial charge on any atom is -0.394 e. The number of ether oxygens (including phenoxy) is 1. The SMILES string of the molecule is CNc1ccn([C@H]2C[C@H](OP(=O)(O)O)[C@@H](CO)O2)c(=O)n1. The average molecular weight is 321 g/mol. The Morgan fingerprint density at radius 3 is 2.86 bits per heavy atom. The van der Waals surface area contributed by atoms with Crippen molar-refractivity contribution in [2.45, 2.75) is 24.9 Å². The smallest absolute Gasteiger partial charge is 0.394 e. The van der Waals surface area contributed by atoms with Crippen molar-refractivity contribution in [3.8, 4) is 0 Å². The van der Waals surface area contributed by atoms with Crippen LogP contribution in [0.2, 0.25) is 0 Å². The van der Waals surface area contributed by atoms with Gasteiger partial charge in [-0.1, -0.05) is 0 Å². The minimum atomic E-state index is -4.71. The van der Waals surface area contributed by atoms with Crippen LogP contribution < -0.4 is 11.0 Å². The molecular formula is C10H16N3O7P. The number of aliphatic hydroxyl groups excluding tert-OH is 1. The minimum absolute atomic E-state index is 0.0107. The van der Waals surface area contributed by atoms with Gasteiger partial charge in [0.25, 0.3) is 0 Å². The molecule has 21 heavy (non-hydrogen) atoms. The van der Waals surface area contributed by atoms with Crippen molar-refractivity contribution >= 4 is 13.6 Å². The predicted octanol–water partition coefficient (Wildman–Crippen LogP) is -0.957. The van der Waals surface area contributed by atoms with Crippen LogP contribution >= 0.6 is 7.82 Å². The first-order valence-electron chi connectivity index (χ1n) is 6.11. The zero-order valence-electron chi connectivity index (χ0n) is 11.1. The Bertz CT molecular complexity index is 601. The fourth-order valence-electron chi connectivity index (χ4n) is 2.09. The maximum absolute atomic E-state index is 11.8. The standard InChI is InChI=1S/C10H16N3O7P/c1-11-8-2-3-13(10(15)12-8)9-4-6(7(5-14)19-9)20-21(16,17)18/h2-3,6-7,9,14H,4-5H2,1H3,(H,11,12,15)(H2,16,17,18)/t6-,7+,9+/m0/s1. The highest BCUT2D eigenvalue weighted by molar-refractivity contribution is 7.46. The molecule has 0 saturated carbocycles. The summed E-state index contributed by atoms with van der Waals surface area (Å²) in [5.74, 6) is 0.385. The second-order valence-electron chi connectivity index (χ2n) is 4.43. The van der Waals surface area contributed by atoms with Gasteiger partial charge in [0, 0.05) is 19.7 Å². The van der Waals surface area contributed by atoms with E-state index in [2.05, 4.69) is 14.8 Å². The molecule has 0 amide bonds. The fraction of sp³-hybridized carbons (Fsp3) is 0.600. The summed E-state index contributed by atoms with van der Waals surface area (Å²) in [4.78, 5) is 33.3. The molecule has 1 aromatic heterocycles. The number of phosphoric acid groups is 1. The summed E-state index contributed by atoms with van der Waals surface area (Å²) in [6.45, 7) is -0.488. The lowest BCUT2D eigenvalue weighted by Gasteiger charge is -2.16. The van der Waals surface area contributed by atoms with E-state index in [1.54, 1.807) is 13.1 Å². The summed E-state index contributed by atoms with van der Waals surface area (Å²) < 4.78 is 22.0. The number of phosphoric ester groups is 1. The van der Waals surface area contributed by atoms with Crippen LogP contribution in [0.15, 0.2) is 17.1 Å². The van der Waals surface area contributed by atoms with Crippen molar-refractivity contribution in [1.29, 1.82) is 0 Å². The average Bonchev–Trinajstić information content (AvgIpc) is 2.79. The number of rotatable bonds is 5. The van der Waals surface area contributed by atoms with E-state index in [1.807, 2.05) is 0 Å². The molecule has 1 aliphatic rings. The first-order chi connectivity index (χ1) is 9.84. The van der Waals surface area contributed by atoms with E-state index in [9.17, 15) is 14.5 Å². The number of nitrogens with one attached hydrogen (secondary N) is 1. The van der Waals surface area contributed by atoms with E-state index in [1.165, 1.54) is 10.8 Å². The third kappa shape index (κ3) is 3.88. The topological polar surface area (TPSA) is 143 Å². The van der Waals surface area contributed by atoms with Gasteiger partial charge in [0.15, 0.2) is 0 Å². The van der Waals surface area contributed by atoms with Crippen LogP contribution in [0.25, 0.3) is 0 Å². The highest BCUT2D eigenvalue weighted by atomic mass is 31.2. The number of hydrogen-bond acceptors (Lipinski definition) is 7. The largest absolute Gasteiger partial charge is 0.469 e. The Hall–Kier alpha value is -1.29.